The van der Waals surface area contributed by atoms with Crippen molar-refractivity contribution in [3.8, 4) is 0 Å². The van der Waals surface area contributed by atoms with E-state index in [1.807, 2.05) is 11.8 Å². The molecular formula is C23H34N2S. The van der Waals surface area contributed by atoms with Crippen LogP contribution in [-0.4, -0.2) is 30.9 Å². The molecule has 2 aromatic rings. The van der Waals surface area contributed by atoms with Crippen LogP contribution in [0.5, 0.6) is 0 Å². The summed E-state index contributed by atoms with van der Waals surface area (Å²) in [5.74, 6) is 2.35. The fraction of sp³-hybridized carbons (Fsp3) is 0.478. The zero-order valence-electron chi connectivity index (χ0n) is 16.6. The van der Waals surface area contributed by atoms with Gasteiger partial charge in [0.1, 0.15) is 0 Å². The lowest BCUT2D eigenvalue weighted by molar-refractivity contribution is 0.489. The number of hydrogen-bond donors (Lipinski definition) is 1. The molecule has 3 heteroatoms. The van der Waals surface area contributed by atoms with Crippen LogP contribution in [-0.2, 0) is 5.75 Å². The molecule has 0 aliphatic carbocycles. The molecule has 0 aliphatic rings. The molecule has 0 saturated carbocycles. The minimum atomic E-state index is 0.148. The summed E-state index contributed by atoms with van der Waals surface area (Å²) in [5.41, 5.74) is 2.89. The molecule has 0 unspecified atom stereocenters. The van der Waals surface area contributed by atoms with Gasteiger partial charge < -0.3 is 10.2 Å². The molecule has 0 saturated heterocycles. The fourth-order valence-corrected chi connectivity index (χ4v) is 3.93. The second-order valence-corrected chi connectivity index (χ2v) is 8.76. The van der Waals surface area contributed by atoms with Crippen molar-refractivity contribution in [3.63, 3.8) is 0 Å². The Balaban J connectivity index is 1.56. The first kappa shape index (κ1) is 20.9. The van der Waals surface area contributed by atoms with E-state index in [1.54, 1.807) is 0 Å². The van der Waals surface area contributed by atoms with Crippen LogP contribution in [0.3, 0.4) is 0 Å². The zero-order valence-corrected chi connectivity index (χ0v) is 17.4. The summed E-state index contributed by atoms with van der Waals surface area (Å²) in [4.78, 5) is 2.50. The van der Waals surface area contributed by atoms with E-state index in [2.05, 4.69) is 91.7 Å². The first-order chi connectivity index (χ1) is 12.6. The minimum Gasteiger partial charge on any atom is -0.367 e. The van der Waals surface area contributed by atoms with Crippen LogP contribution < -0.4 is 10.2 Å². The number of hydrogen-bond acceptors (Lipinski definition) is 3. The quantitative estimate of drug-likeness (QED) is 0.519. The SMILES string of the molecule is CC(C)(C)N(CCCNCCCSCc1ccccc1)c1ccccc1. The second-order valence-electron chi connectivity index (χ2n) is 7.65. The van der Waals surface area contributed by atoms with Crippen molar-refractivity contribution in [3.05, 3.63) is 66.2 Å². The Bertz CT molecular complexity index is 593. The van der Waals surface area contributed by atoms with E-state index in [1.165, 1.54) is 29.8 Å². The van der Waals surface area contributed by atoms with Crippen molar-refractivity contribution < 1.29 is 0 Å². The number of nitrogens with zero attached hydrogens (tertiary/aromatic N) is 1. The average molecular weight is 371 g/mol. The highest BCUT2D eigenvalue weighted by molar-refractivity contribution is 7.98. The summed E-state index contributed by atoms with van der Waals surface area (Å²) < 4.78 is 0. The Morgan fingerprint density at radius 3 is 2.12 bits per heavy atom. The van der Waals surface area contributed by atoms with Crippen LogP contribution in [0.1, 0.15) is 39.2 Å². The molecule has 26 heavy (non-hydrogen) atoms. The molecule has 0 radical (unpaired) electrons. The Hall–Kier alpha value is -1.45. The van der Waals surface area contributed by atoms with E-state index >= 15 is 0 Å². The number of para-hydroxylation sites is 1. The first-order valence-electron chi connectivity index (χ1n) is 9.72. The third-order valence-corrected chi connectivity index (χ3v) is 5.48. The molecule has 2 nitrogen and oxygen atoms in total. The average Bonchev–Trinajstić information content (AvgIpc) is 2.64. The minimum absolute atomic E-state index is 0.148. The molecule has 142 valence electrons. The van der Waals surface area contributed by atoms with Gasteiger partial charge in [0.25, 0.3) is 0 Å². The second kappa shape index (κ2) is 11.3. The summed E-state index contributed by atoms with van der Waals surface area (Å²) in [5, 5.41) is 3.60. The van der Waals surface area contributed by atoms with Gasteiger partial charge in [-0.1, -0.05) is 48.5 Å². The summed E-state index contributed by atoms with van der Waals surface area (Å²) in [7, 11) is 0. The summed E-state index contributed by atoms with van der Waals surface area (Å²) in [6.45, 7) is 10.2. The zero-order chi connectivity index (χ0) is 18.7. The van der Waals surface area contributed by atoms with Gasteiger partial charge in [0, 0.05) is 23.5 Å². The maximum atomic E-state index is 3.60. The smallest absolute Gasteiger partial charge is 0.0370 e. The van der Waals surface area contributed by atoms with Gasteiger partial charge in [0.2, 0.25) is 0 Å². The maximum absolute atomic E-state index is 3.60. The molecular weight excluding hydrogens is 336 g/mol. The van der Waals surface area contributed by atoms with E-state index in [0.29, 0.717) is 0 Å². The highest BCUT2D eigenvalue weighted by atomic mass is 32.2. The van der Waals surface area contributed by atoms with Crippen molar-refractivity contribution >= 4 is 17.4 Å². The van der Waals surface area contributed by atoms with E-state index in [4.69, 9.17) is 0 Å². The number of nitrogens with one attached hydrogen (secondary N) is 1. The predicted molar refractivity (Wildman–Crippen MR) is 118 cm³/mol. The molecule has 0 amide bonds. The van der Waals surface area contributed by atoms with Crippen molar-refractivity contribution in [2.75, 3.05) is 30.3 Å². The molecule has 0 spiro atoms. The van der Waals surface area contributed by atoms with Gasteiger partial charge in [-0.05, 0) is 70.2 Å². The molecule has 1 N–H and O–H groups in total. The lowest BCUT2D eigenvalue weighted by atomic mass is 10.0. The lowest BCUT2D eigenvalue weighted by Gasteiger charge is -2.38. The monoisotopic (exact) mass is 370 g/mol. The maximum Gasteiger partial charge on any atom is 0.0370 e. The van der Waals surface area contributed by atoms with Crippen molar-refractivity contribution in [2.24, 2.45) is 0 Å². The molecule has 0 bridgehead atoms. The van der Waals surface area contributed by atoms with Gasteiger partial charge in [-0.2, -0.15) is 11.8 Å². The Labute approximate surface area is 164 Å². The Kier molecular flexibility index (Phi) is 9.07. The van der Waals surface area contributed by atoms with Gasteiger partial charge in [0.15, 0.2) is 0 Å². The van der Waals surface area contributed by atoms with E-state index in [-0.39, 0.29) is 5.54 Å². The van der Waals surface area contributed by atoms with E-state index in [9.17, 15) is 0 Å². The molecule has 2 aromatic carbocycles. The van der Waals surface area contributed by atoms with E-state index < -0.39 is 0 Å². The van der Waals surface area contributed by atoms with Crippen LogP contribution >= 0.6 is 11.8 Å². The summed E-state index contributed by atoms with van der Waals surface area (Å²) in [6.07, 6.45) is 2.41. The number of thioether (sulfide) groups is 1. The van der Waals surface area contributed by atoms with Crippen LogP contribution in [0.4, 0.5) is 5.69 Å². The Morgan fingerprint density at radius 2 is 1.46 bits per heavy atom. The summed E-state index contributed by atoms with van der Waals surface area (Å²) >= 11 is 2.03. The molecule has 2 rings (SSSR count). The fourth-order valence-electron chi connectivity index (χ4n) is 3.01. The molecule has 0 heterocycles. The lowest BCUT2D eigenvalue weighted by Crippen LogP contribution is -2.42. The normalized spacial score (nSPS) is 11.5. The standard InChI is InChI=1S/C23H34N2S/c1-23(2,3)25(22-14-8-5-9-15-22)18-10-16-24-17-11-19-26-20-21-12-6-4-7-13-21/h4-9,12-15,24H,10-11,16-20H2,1-3H3. The van der Waals surface area contributed by atoms with Crippen LogP contribution in [0.15, 0.2) is 60.7 Å². The third-order valence-electron chi connectivity index (χ3n) is 4.37. The number of benzene rings is 2. The topological polar surface area (TPSA) is 15.3 Å². The molecule has 0 aromatic heterocycles. The van der Waals surface area contributed by atoms with Crippen LogP contribution in [0, 0.1) is 0 Å². The summed E-state index contributed by atoms with van der Waals surface area (Å²) in [6, 6.07) is 21.5. The van der Waals surface area contributed by atoms with Gasteiger partial charge >= 0.3 is 0 Å². The molecule has 0 atom stereocenters. The largest absolute Gasteiger partial charge is 0.367 e. The van der Waals surface area contributed by atoms with Gasteiger partial charge in [-0.15, -0.1) is 0 Å². The number of anilines is 1. The van der Waals surface area contributed by atoms with E-state index in [0.717, 1.165) is 25.4 Å². The van der Waals surface area contributed by atoms with Crippen molar-refractivity contribution in [1.29, 1.82) is 0 Å². The van der Waals surface area contributed by atoms with Crippen molar-refractivity contribution in [1.82, 2.24) is 5.32 Å². The first-order valence-corrected chi connectivity index (χ1v) is 10.9. The van der Waals surface area contributed by atoms with Crippen molar-refractivity contribution in [2.45, 2.75) is 44.9 Å². The van der Waals surface area contributed by atoms with Gasteiger partial charge in [-0.25, -0.2) is 0 Å². The van der Waals surface area contributed by atoms with Crippen LogP contribution in [0.25, 0.3) is 0 Å². The van der Waals surface area contributed by atoms with Crippen LogP contribution in [0.2, 0.25) is 0 Å². The highest BCUT2D eigenvalue weighted by Crippen LogP contribution is 2.23. The highest BCUT2D eigenvalue weighted by Gasteiger charge is 2.20. The molecule has 0 aliphatic heterocycles. The predicted octanol–water partition coefficient (Wildman–Crippen LogP) is 5.59. The van der Waals surface area contributed by atoms with Gasteiger partial charge in [0.05, 0.1) is 0 Å². The third kappa shape index (κ3) is 7.84. The Morgan fingerprint density at radius 1 is 0.846 bits per heavy atom. The number of rotatable bonds is 11. The van der Waals surface area contributed by atoms with Gasteiger partial charge in [-0.3, -0.25) is 0 Å². The molecule has 0 fully saturated rings.